The van der Waals surface area contributed by atoms with E-state index in [4.69, 9.17) is 0 Å². The quantitative estimate of drug-likeness (QED) is 0.407. The van der Waals surface area contributed by atoms with Crippen LogP contribution in [0.2, 0.25) is 10.6 Å². The van der Waals surface area contributed by atoms with Crippen molar-refractivity contribution in [2.75, 3.05) is 10.7 Å². The average Bonchev–Trinajstić information content (AvgIpc) is 1.69. The van der Waals surface area contributed by atoms with Crippen LogP contribution in [-0.2, 0) is 0 Å². The standard InChI is InChI=1S/C4H8Br2Se.2ClH/c5-1-3-7-4-2-6;;/h1-4H2;2*1H. The largest absolute Gasteiger partial charge is 0.147 e. The Morgan fingerprint density at radius 1 is 0.889 bits per heavy atom. The monoisotopic (exact) mass is 366 g/mol. The Balaban J connectivity index is -0.000000180. The van der Waals surface area contributed by atoms with Crippen LogP contribution in [0.1, 0.15) is 0 Å². The minimum atomic E-state index is 0. The van der Waals surface area contributed by atoms with Gasteiger partial charge >= 0.3 is 68.1 Å². The number of halogens is 4. The van der Waals surface area contributed by atoms with E-state index in [1.165, 1.54) is 21.3 Å². The van der Waals surface area contributed by atoms with Crippen LogP contribution in [0.5, 0.6) is 0 Å². The third kappa shape index (κ3) is 17.8. The summed E-state index contributed by atoms with van der Waals surface area (Å²) in [6.45, 7) is 0. The van der Waals surface area contributed by atoms with Gasteiger partial charge in [-0.2, -0.15) is 0 Å². The molecule has 60 valence electrons. The smallest absolute Gasteiger partial charge is 0.147 e. The molecule has 0 rings (SSSR count). The van der Waals surface area contributed by atoms with Crippen LogP contribution in [0.4, 0.5) is 0 Å². The zero-order chi connectivity index (χ0) is 5.54. The molecule has 0 aromatic heterocycles. The van der Waals surface area contributed by atoms with Gasteiger partial charge in [0.1, 0.15) is 0 Å². The summed E-state index contributed by atoms with van der Waals surface area (Å²) in [5.74, 6) is 0. The van der Waals surface area contributed by atoms with Crippen molar-refractivity contribution >= 4 is 71.6 Å². The summed E-state index contributed by atoms with van der Waals surface area (Å²) in [4.78, 5) is 0. The fraction of sp³-hybridized carbons (Fsp3) is 1.00. The van der Waals surface area contributed by atoms with Gasteiger partial charge in [-0.15, -0.1) is 24.8 Å². The van der Waals surface area contributed by atoms with Gasteiger partial charge in [-0.25, -0.2) is 0 Å². The molecule has 0 spiro atoms. The molecular weight excluding hydrogens is 358 g/mol. The SMILES string of the molecule is BrCC[Se]CCBr.Cl.Cl. The molecule has 0 heterocycles. The van der Waals surface area contributed by atoms with Crippen molar-refractivity contribution in [3.63, 3.8) is 0 Å². The number of rotatable bonds is 4. The Hall–Kier alpha value is 2.06. The molecule has 0 bridgehead atoms. The van der Waals surface area contributed by atoms with Crippen LogP contribution >= 0.6 is 56.7 Å². The maximum Gasteiger partial charge on any atom is -0.147 e. The topological polar surface area (TPSA) is 0 Å². The summed E-state index contributed by atoms with van der Waals surface area (Å²) < 4.78 is 0. The summed E-state index contributed by atoms with van der Waals surface area (Å²) in [7, 11) is 0. The molecular formula is C4H10Br2Cl2Se. The third-order valence-corrected chi connectivity index (χ3v) is 5.67. The van der Waals surface area contributed by atoms with Gasteiger partial charge in [0, 0.05) is 0 Å². The Bertz CT molecular complexity index is 35.7. The van der Waals surface area contributed by atoms with E-state index >= 15 is 0 Å². The molecule has 0 aromatic carbocycles. The minimum Gasteiger partial charge on any atom is -0.147 e. The molecule has 0 saturated heterocycles. The summed E-state index contributed by atoms with van der Waals surface area (Å²) in [6, 6.07) is 0. The molecule has 0 radical (unpaired) electrons. The van der Waals surface area contributed by atoms with Gasteiger partial charge in [-0.05, 0) is 0 Å². The Morgan fingerprint density at radius 3 is 1.44 bits per heavy atom. The van der Waals surface area contributed by atoms with Crippen molar-refractivity contribution in [1.29, 1.82) is 0 Å². The van der Waals surface area contributed by atoms with E-state index in [0.29, 0.717) is 0 Å². The number of alkyl halides is 2. The molecule has 0 aliphatic rings. The van der Waals surface area contributed by atoms with Crippen LogP contribution in [-0.4, -0.2) is 25.6 Å². The van der Waals surface area contributed by atoms with Crippen molar-refractivity contribution in [2.45, 2.75) is 10.6 Å². The molecule has 9 heavy (non-hydrogen) atoms. The molecule has 0 fully saturated rings. The van der Waals surface area contributed by atoms with E-state index in [9.17, 15) is 0 Å². The van der Waals surface area contributed by atoms with Gasteiger partial charge in [0.25, 0.3) is 0 Å². The molecule has 0 unspecified atom stereocenters. The summed E-state index contributed by atoms with van der Waals surface area (Å²) in [5, 5.41) is 5.11. The van der Waals surface area contributed by atoms with E-state index in [2.05, 4.69) is 31.9 Å². The normalized spacial score (nSPS) is 7.33. The molecule has 0 amide bonds. The molecule has 0 aliphatic heterocycles. The van der Waals surface area contributed by atoms with Gasteiger partial charge in [0.05, 0.1) is 0 Å². The van der Waals surface area contributed by atoms with Gasteiger partial charge in [-0.3, -0.25) is 0 Å². The summed E-state index contributed by atoms with van der Waals surface area (Å²) in [5.41, 5.74) is 0. The van der Waals surface area contributed by atoms with Crippen molar-refractivity contribution in [1.82, 2.24) is 0 Å². The fourth-order valence-corrected chi connectivity index (χ4v) is 3.48. The molecule has 0 nitrogen and oxygen atoms in total. The molecule has 0 aromatic rings. The van der Waals surface area contributed by atoms with E-state index in [0.717, 1.165) is 15.0 Å². The molecule has 0 N–H and O–H groups in total. The zero-order valence-corrected chi connectivity index (χ0v) is 11.3. The maximum atomic E-state index is 3.38. The molecule has 5 heteroatoms. The Morgan fingerprint density at radius 2 is 1.22 bits per heavy atom. The Labute approximate surface area is 92.2 Å². The van der Waals surface area contributed by atoms with Gasteiger partial charge in [0.15, 0.2) is 0 Å². The second kappa shape index (κ2) is 16.6. The van der Waals surface area contributed by atoms with Crippen LogP contribution in [0.3, 0.4) is 0 Å². The third-order valence-electron chi connectivity index (χ3n) is 0.443. The first-order valence-corrected chi connectivity index (χ1v) is 6.78. The zero-order valence-electron chi connectivity index (χ0n) is 4.81. The summed E-state index contributed by atoms with van der Waals surface area (Å²) >= 11 is 7.64. The van der Waals surface area contributed by atoms with Crippen LogP contribution in [0, 0.1) is 0 Å². The van der Waals surface area contributed by atoms with Gasteiger partial charge in [0.2, 0.25) is 0 Å². The minimum absolute atomic E-state index is 0. The van der Waals surface area contributed by atoms with Crippen molar-refractivity contribution in [2.24, 2.45) is 0 Å². The van der Waals surface area contributed by atoms with Crippen molar-refractivity contribution in [3.05, 3.63) is 0 Å². The maximum absolute atomic E-state index is 3.38. The summed E-state index contributed by atoms with van der Waals surface area (Å²) in [6.07, 6.45) is 0. The number of hydrogen-bond acceptors (Lipinski definition) is 0. The van der Waals surface area contributed by atoms with Crippen molar-refractivity contribution in [3.8, 4) is 0 Å². The second-order valence-electron chi connectivity index (χ2n) is 0.990. The first-order chi connectivity index (χ1) is 3.41. The first-order valence-electron chi connectivity index (χ1n) is 2.11. The van der Waals surface area contributed by atoms with E-state index < -0.39 is 0 Å². The van der Waals surface area contributed by atoms with Gasteiger partial charge < -0.3 is 0 Å². The fourth-order valence-electron chi connectivity index (χ4n) is 0.211. The number of hydrogen-bond donors (Lipinski definition) is 0. The first kappa shape index (κ1) is 17.2. The predicted molar refractivity (Wildman–Crippen MR) is 57.5 cm³/mol. The van der Waals surface area contributed by atoms with Crippen LogP contribution in [0.25, 0.3) is 0 Å². The predicted octanol–water partition coefficient (Wildman–Crippen LogP) is 3.16. The molecule has 0 saturated carbocycles. The molecule has 0 aliphatic carbocycles. The second-order valence-corrected chi connectivity index (χ2v) is 5.15. The van der Waals surface area contributed by atoms with Gasteiger partial charge in [-0.1, -0.05) is 0 Å². The van der Waals surface area contributed by atoms with E-state index in [-0.39, 0.29) is 24.8 Å². The average molecular weight is 368 g/mol. The van der Waals surface area contributed by atoms with E-state index in [1.807, 2.05) is 0 Å². The van der Waals surface area contributed by atoms with E-state index in [1.54, 1.807) is 0 Å². The van der Waals surface area contributed by atoms with Crippen LogP contribution in [0.15, 0.2) is 0 Å². The molecule has 0 atom stereocenters. The van der Waals surface area contributed by atoms with Crippen molar-refractivity contribution < 1.29 is 0 Å². The Kier molecular flexibility index (Phi) is 31.7. The van der Waals surface area contributed by atoms with Crippen LogP contribution < -0.4 is 0 Å².